The molecule has 2 bridgehead atoms. The molecule has 3 aliphatic rings. The highest BCUT2D eigenvalue weighted by molar-refractivity contribution is 7.80. The van der Waals surface area contributed by atoms with E-state index in [1.165, 1.54) is 9.80 Å². The zero-order valence-electron chi connectivity index (χ0n) is 6.61. The van der Waals surface area contributed by atoms with Crippen LogP contribution >= 0.6 is 12.2 Å². The van der Waals surface area contributed by atoms with E-state index in [1.54, 1.807) is 0 Å². The second kappa shape index (κ2) is 2.26. The first-order valence-corrected chi connectivity index (χ1v) is 4.25. The molecule has 4 nitrogen and oxygen atoms in total. The van der Waals surface area contributed by atoms with Crippen molar-refractivity contribution in [3.05, 3.63) is 0 Å². The Kier molecular flexibility index (Phi) is 1.44. The maximum atomic E-state index is 11.2. The zero-order valence-corrected chi connectivity index (χ0v) is 7.43. The average molecular weight is 184 g/mol. The molecule has 64 valence electrons. The summed E-state index contributed by atoms with van der Waals surface area (Å²) in [7, 11) is 0. The molecule has 0 N–H and O–H groups in total. The Bertz CT molecular complexity index is 250. The van der Waals surface area contributed by atoms with E-state index in [0.717, 1.165) is 6.42 Å². The number of amides is 2. The van der Waals surface area contributed by atoms with Crippen molar-refractivity contribution >= 4 is 29.1 Å². The highest BCUT2D eigenvalue weighted by Crippen LogP contribution is 2.31. The summed E-state index contributed by atoms with van der Waals surface area (Å²) < 4.78 is 0. The van der Waals surface area contributed by atoms with Crippen LogP contribution in [-0.2, 0) is 9.59 Å². The summed E-state index contributed by atoms with van der Waals surface area (Å²) in [5.41, 5.74) is 0. The number of nitrogens with zero attached hydrogens (tertiary/aromatic N) is 2. The lowest BCUT2D eigenvalue weighted by atomic mass is 10.1. The molecule has 3 aliphatic heterocycles. The Morgan fingerprint density at radius 2 is 1.92 bits per heavy atom. The normalized spacial score (nSPS) is 23.2. The minimum Gasteiger partial charge on any atom is -0.274 e. The molecule has 3 heterocycles. The Balaban J connectivity index is 2.32. The molecule has 3 rings (SSSR count). The number of fused-ring (bicyclic) bond motifs is 2. The van der Waals surface area contributed by atoms with Crippen LogP contribution < -0.4 is 0 Å². The van der Waals surface area contributed by atoms with Crippen molar-refractivity contribution in [1.82, 2.24) is 9.80 Å². The summed E-state index contributed by atoms with van der Waals surface area (Å²) >= 11 is 4.89. The van der Waals surface area contributed by atoms with E-state index in [1.807, 2.05) is 6.92 Å². The summed E-state index contributed by atoms with van der Waals surface area (Å²) in [6, 6.07) is 0. The van der Waals surface area contributed by atoms with Crippen LogP contribution in [0.4, 0.5) is 0 Å². The third kappa shape index (κ3) is 0.691. The van der Waals surface area contributed by atoms with Crippen molar-refractivity contribution in [1.29, 1.82) is 0 Å². The fraction of sp³-hybridized carbons (Fsp3) is 0.571. The standard InChI is InChI=1S/C7H8N2O2S/c1-2-4-8-5(10)3-6(11)9(4)7(8)12/h4H,2-3H2,1H3. The van der Waals surface area contributed by atoms with Crippen molar-refractivity contribution in [2.24, 2.45) is 0 Å². The van der Waals surface area contributed by atoms with E-state index >= 15 is 0 Å². The van der Waals surface area contributed by atoms with Crippen LogP contribution in [0.25, 0.3) is 0 Å². The van der Waals surface area contributed by atoms with Gasteiger partial charge >= 0.3 is 0 Å². The number of carbonyl (C=O) groups is 2. The van der Waals surface area contributed by atoms with Gasteiger partial charge in [-0.25, -0.2) is 0 Å². The minimum absolute atomic E-state index is 0.0172. The number of rotatable bonds is 1. The van der Waals surface area contributed by atoms with Crippen molar-refractivity contribution in [3.63, 3.8) is 0 Å². The van der Waals surface area contributed by atoms with Crippen molar-refractivity contribution in [3.8, 4) is 0 Å². The number of hydrogen-bond donors (Lipinski definition) is 0. The molecule has 3 saturated heterocycles. The van der Waals surface area contributed by atoms with Gasteiger partial charge in [-0.1, -0.05) is 6.92 Å². The van der Waals surface area contributed by atoms with Crippen LogP contribution in [0.1, 0.15) is 19.8 Å². The topological polar surface area (TPSA) is 40.6 Å². The van der Waals surface area contributed by atoms with Crippen LogP contribution in [0.15, 0.2) is 0 Å². The first kappa shape index (κ1) is 7.67. The van der Waals surface area contributed by atoms with Crippen LogP contribution in [0.3, 0.4) is 0 Å². The monoisotopic (exact) mass is 184 g/mol. The molecule has 0 aromatic rings. The van der Waals surface area contributed by atoms with Gasteiger partial charge in [0.15, 0.2) is 5.11 Å². The lowest BCUT2D eigenvalue weighted by Gasteiger charge is -2.53. The van der Waals surface area contributed by atoms with E-state index in [-0.39, 0.29) is 24.4 Å². The van der Waals surface area contributed by atoms with Crippen LogP contribution in [0.2, 0.25) is 0 Å². The second-order valence-electron chi connectivity index (χ2n) is 2.88. The molecule has 0 atom stereocenters. The molecule has 0 aliphatic carbocycles. The van der Waals surface area contributed by atoms with Gasteiger partial charge in [0.2, 0.25) is 11.8 Å². The first-order chi connectivity index (χ1) is 5.66. The third-order valence-electron chi connectivity index (χ3n) is 2.21. The van der Waals surface area contributed by atoms with Gasteiger partial charge in [-0.2, -0.15) is 0 Å². The van der Waals surface area contributed by atoms with Crippen molar-refractivity contribution in [2.75, 3.05) is 0 Å². The molecule has 12 heavy (non-hydrogen) atoms. The smallest absolute Gasteiger partial charge is 0.239 e. The SMILES string of the molecule is CCC1N2C(=O)CC(=O)N1C2=S. The summed E-state index contributed by atoms with van der Waals surface area (Å²) in [5, 5.41) is 0.378. The predicted molar refractivity (Wildman–Crippen MR) is 45.0 cm³/mol. The van der Waals surface area contributed by atoms with Crippen LogP contribution in [-0.4, -0.2) is 32.9 Å². The van der Waals surface area contributed by atoms with Crippen LogP contribution in [0, 0.1) is 0 Å². The summed E-state index contributed by atoms with van der Waals surface area (Å²) in [4.78, 5) is 25.5. The van der Waals surface area contributed by atoms with E-state index < -0.39 is 0 Å². The lowest BCUT2D eigenvalue weighted by Crippen LogP contribution is -2.74. The molecule has 0 radical (unpaired) electrons. The molecule has 2 amide bonds. The van der Waals surface area contributed by atoms with Gasteiger partial charge in [0.1, 0.15) is 12.6 Å². The van der Waals surface area contributed by atoms with E-state index in [4.69, 9.17) is 12.2 Å². The van der Waals surface area contributed by atoms with Crippen LogP contribution in [0.5, 0.6) is 0 Å². The number of thiocarbonyl (C=S) groups is 1. The summed E-state index contributed by atoms with van der Waals surface area (Å²) in [6.07, 6.45) is 0.639. The van der Waals surface area contributed by atoms with Gasteiger partial charge in [-0.15, -0.1) is 0 Å². The Hall–Kier alpha value is -0.970. The lowest BCUT2D eigenvalue weighted by molar-refractivity contribution is -0.157. The molecule has 5 heteroatoms. The van der Waals surface area contributed by atoms with Crippen molar-refractivity contribution < 1.29 is 9.59 Å². The van der Waals surface area contributed by atoms with Gasteiger partial charge in [-0.05, 0) is 18.6 Å². The molecule has 0 saturated carbocycles. The van der Waals surface area contributed by atoms with Crippen molar-refractivity contribution in [2.45, 2.75) is 25.9 Å². The molecule has 0 unspecified atom stereocenters. The maximum absolute atomic E-state index is 11.2. The van der Waals surface area contributed by atoms with Gasteiger partial charge in [0.25, 0.3) is 0 Å². The summed E-state index contributed by atoms with van der Waals surface area (Å²) in [6.45, 7) is 1.93. The Morgan fingerprint density at radius 1 is 1.42 bits per heavy atom. The molecule has 3 fully saturated rings. The number of carbonyl (C=O) groups excluding carboxylic acids is 2. The Morgan fingerprint density at radius 3 is 2.25 bits per heavy atom. The van der Waals surface area contributed by atoms with Gasteiger partial charge in [-0.3, -0.25) is 19.4 Å². The van der Waals surface area contributed by atoms with Gasteiger partial charge in [0, 0.05) is 0 Å². The Labute approximate surface area is 75.1 Å². The number of hydrogen-bond acceptors (Lipinski definition) is 3. The van der Waals surface area contributed by atoms with E-state index in [9.17, 15) is 9.59 Å². The highest BCUT2D eigenvalue weighted by Gasteiger charge is 2.52. The minimum atomic E-state index is -0.153. The quantitative estimate of drug-likeness (QED) is 0.428. The second-order valence-corrected chi connectivity index (χ2v) is 3.24. The van der Waals surface area contributed by atoms with Gasteiger partial charge < -0.3 is 0 Å². The third-order valence-corrected chi connectivity index (χ3v) is 2.61. The predicted octanol–water partition coefficient (Wildman–Crippen LogP) is 0.0819. The molecular formula is C7H8N2O2S. The molecular weight excluding hydrogens is 176 g/mol. The zero-order chi connectivity index (χ0) is 8.88. The molecule has 0 spiro atoms. The molecule has 0 aromatic heterocycles. The largest absolute Gasteiger partial charge is 0.274 e. The highest BCUT2D eigenvalue weighted by atomic mass is 32.1. The fourth-order valence-corrected chi connectivity index (χ4v) is 2.09. The fourth-order valence-electron chi connectivity index (χ4n) is 1.64. The first-order valence-electron chi connectivity index (χ1n) is 3.85. The summed E-state index contributed by atoms with van der Waals surface area (Å²) in [5.74, 6) is -0.307. The van der Waals surface area contributed by atoms with Gasteiger partial charge in [0.05, 0.1) is 0 Å². The van der Waals surface area contributed by atoms with E-state index in [2.05, 4.69) is 0 Å². The molecule has 0 aromatic carbocycles. The van der Waals surface area contributed by atoms with E-state index in [0.29, 0.717) is 5.11 Å². The average Bonchev–Trinajstić information content (AvgIpc) is 1.98. The maximum Gasteiger partial charge on any atom is 0.239 e.